The van der Waals surface area contributed by atoms with Crippen LogP contribution in [0.5, 0.6) is 5.88 Å². The fraction of sp³-hybridized carbons (Fsp3) is 0.231. The lowest BCUT2D eigenvalue weighted by atomic mass is 10.3. The Labute approximate surface area is 123 Å². The van der Waals surface area contributed by atoms with E-state index in [-0.39, 0.29) is 16.8 Å². The zero-order chi connectivity index (χ0) is 14.0. The first kappa shape index (κ1) is 14.0. The Balaban J connectivity index is 2.31. The molecule has 0 bridgehead atoms. The predicted octanol–water partition coefficient (Wildman–Crippen LogP) is 3.71. The average Bonchev–Trinajstić information content (AvgIpc) is 2.63. The Bertz CT molecular complexity index is 656. The third-order valence-electron chi connectivity index (χ3n) is 2.52. The Hall–Kier alpha value is -1.40. The van der Waals surface area contributed by atoms with Gasteiger partial charge in [-0.15, -0.1) is 0 Å². The number of thiazole rings is 1. The van der Waals surface area contributed by atoms with Crippen molar-refractivity contribution in [3.8, 4) is 5.88 Å². The number of hydrogen-bond donors (Lipinski definition) is 1. The van der Waals surface area contributed by atoms with E-state index in [0.29, 0.717) is 4.88 Å². The second kappa shape index (κ2) is 5.71. The van der Waals surface area contributed by atoms with E-state index in [2.05, 4.69) is 20.9 Å². The van der Waals surface area contributed by atoms with Crippen molar-refractivity contribution in [3.05, 3.63) is 43.3 Å². The van der Waals surface area contributed by atoms with E-state index in [1.807, 2.05) is 38.1 Å². The highest BCUT2D eigenvalue weighted by Gasteiger charge is 2.14. The van der Waals surface area contributed by atoms with E-state index in [9.17, 15) is 9.90 Å². The molecule has 0 spiro atoms. The van der Waals surface area contributed by atoms with Gasteiger partial charge in [0.25, 0.3) is 0 Å². The molecule has 1 heterocycles. The maximum absolute atomic E-state index is 11.7. The Kier molecular flexibility index (Phi) is 4.21. The summed E-state index contributed by atoms with van der Waals surface area (Å²) >= 11 is 4.34. The number of aromatic nitrogens is 1. The Morgan fingerprint density at radius 1 is 1.37 bits per heavy atom. The van der Waals surface area contributed by atoms with Crippen LogP contribution in [0.4, 0.5) is 5.69 Å². The van der Waals surface area contributed by atoms with E-state index < -0.39 is 0 Å². The van der Waals surface area contributed by atoms with Crippen LogP contribution in [-0.4, -0.2) is 15.9 Å². The van der Waals surface area contributed by atoms with Crippen molar-refractivity contribution in [1.29, 1.82) is 0 Å². The monoisotopic (exact) mass is 340 g/mol. The molecule has 0 fully saturated rings. The van der Waals surface area contributed by atoms with Gasteiger partial charge in [-0.25, -0.2) is 0 Å². The van der Waals surface area contributed by atoms with Crippen molar-refractivity contribution in [2.45, 2.75) is 19.9 Å². The first-order chi connectivity index (χ1) is 8.99. The van der Waals surface area contributed by atoms with Crippen LogP contribution in [0.1, 0.15) is 24.8 Å². The lowest BCUT2D eigenvalue weighted by molar-refractivity contribution is 0.395. The number of halogens is 1. The van der Waals surface area contributed by atoms with Gasteiger partial charge in [-0.3, -0.25) is 14.4 Å². The van der Waals surface area contributed by atoms with Crippen molar-refractivity contribution < 1.29 is 5.11 Å². The van der Waals surface area contributed by atoms with Crippen molar-refractivity contribution in [1.82, 2.24) is 4.57 Å². The average molecular weight is 341 g/mol. The molecule has 0 aliphatic heterocycles. The second-order valence-corrected chi connectivity index (χ2v) is 6.16. The summed E-state index contributed by atoms with van der Waals surface area (Å²) in [6.45, 7) is 3.70. The van der Waals surface area contributed by atoms with Crippen molar-refractivity contribution in [2.75, 3.05) is 0 Å². The summed E-state index contributed by atoms with van der Waals surface area (Å²) in [6, 6.07) is 7.39. The minimum atomic E-state index is -0.176. The van der Waals surface area contributed by atoms with Crippen LogP contribution in [-0.2, 0) is 0 Å². The Morgan fingerprint density at radius 2 is 2.00 bits per heavy atom. The molecule has 19 heavy (non-hydrogen) atoms. The van der Waals surface area contributed by atoms with Crippen molar-refractivity contribution >= 4 is 39.2 Å². The molecule has 6 heteroatoms. The van der Waals surface area contributed by atoms with Crippen LogP contribution in [0, 0.1) is 0 Å². The minimum absolute atomic E-state index is 0.0224. The van der Waals surface area contributed by atoms with E-state index >= 15 is 0 Å². The first-order valence-corrected chi connectivity index (χ1v) is 7.34. The highest BCUT2D eigenvalue weighted by Crippen LogP contribution is 2.23. The van der Waals surface area contributed by atoms with Gasteiger partial charge >= 0.3 is 4.87 Å². The van der Waals surface area contributed by atoms with E-state index in [1.54, 1.807) is 0 Å². The molecule has 4 nitrogen and oxygen atoms in total. The molecule has 0 aliphatic carbocycles. The molecular formula is C13H13BrN2O2S. The molecule has 0 unspecified atom stereocenters. The lowest BCUT2D eigenvalue weighted by Crippen LogP contribution is -2.14. The number of nitrogens with zero attached hydrogens (tertiary/aromatic N) is 2. The number of rotatable bonds is 3. The van der Waals surface area contributed by atoms with Gasteiger partial charge in [0.05, 0.1) is 11.9 Å². The molecule has 0 radical (unpaired) electrons. The molecule has 0 saturated carbocycles. The number of aliphatic imine (C=N–C) groups is 1. The summed E-state index contributed by atoms with van der Waals surface area (Å²) in [6.07, 6.45) is 1.52. The third kappa shape index (κ3) is 3.13. The molecule has 0 atom stereocenters. The molecule has 0 amide bonds. The largest absolute Gasteiger partial charge is 0.493 e. The molecule has 2 rings (SSSR count). The maximum Gasteiger partial charge on any atom is 0.310 e. The lowest BCUT2D eigenvalue weighted by Gasteiger charge is -2.05. The third-order valence-corrected chi connectivity index (χ3v) is 3.92. The summed E-state index contributed by atoms with van der Waals surface area (Å²) < 4.78 is 2.33. The quantitative estimate of drug-likeness (QED) is 0.866. The normalized spacial score (nSPS) is 11.6. The molecule has 1 N–H and O–H groups in total. The maximum atomic E-state index is 11.7. The van der Waals surface area contributed by atoms with Crippen LogP contribution in [0.2, 0.25) is 0 Å². The van der Waals surface area contributed by atoms with Gasteiger partial charge in [0.2, 0.25) is 5.88 Å². The van der Waals surface area contributed by atoms with Crippen LogP contribution in [0.3, 0.4) is 0 Å². The van der Waals surface area contributed by atoms with Gasteiger partial charge in [0.1, 0.15) is 4.88 Å². The molecular weight excluding hydrogens is 328 g/mol. The smallest absolute Gasteiger partial charge is 0.310 e. The fourth-order valence-corrected chi connectivity index (χ4v) is 2.74. The number of benzene rings is 1. The van der Waals surface area contributed by atoms with Crippen molar-refractivity contribution in [3.63, 3.8) is 0 Å². The van der Waals surface area contributed by atoms with Gasteiger partial charge < -0.3 is 5.11 Å². The van der Waals surface area contributed by atoms with Gasteiger partial charge in [0, 0.05) is 10.5 Å². The number of hydrogen-bond acceptors (Lipinski definition) is 4. The number of aromatic hydroxyl groups is 1. The van der Waals surface area contributed by atoms with Gasteiger partial charge in [0.15, 0.2) is 0 Å². The summed E-state index contributed by atoms with van der Waals surface area (Å²) in [4.78, 5) is 16.3. The van der Waals surface area contributed by atoms with E-state index in [1.165, 1.54) is 10.8 Å². The topological polar surface area (TPSA) is 54.6 Å². The summed E-state index contributed by atoms with van der Waals surface area (Å²) in [5, 5.41) is 9.98. The molecule has 1 aromatic carbocycles. The van der Waals surface area contributed by atoms with E-state index in [4.69, 9.17) is 0 Å². The summed E-state index contributed by atoms with van der Waals surface area (Å²) in [7, 11) is 0. The van der Waals surface area contributed by atoms with Crippen LogP contribution in [0.15, 0.2) is 38.5 Å². The standard InChI is InChI=1S/C13H13BrN2O2S/c1-8(2)16-12(17)11(19-13(16)18)7-15-10-5-3-9(14)4-6-10/h3-8,17H,1-2H3. The first-order valence-electron chi connectivity index (χ1n) is 5.73. The highest BCUT2D eigenvalue weighted by molar-refractivity contribution is 9.10. The minimum Gasteiger partial charge on any atom is -0.493 e. The molecule has 0 saturated heterocycles. The van der Waals surface area contributed by atoms with Crippen molar-refractivity contribution in [2.24, 2.45) is 4.99 Å². The van der Waals surface area contributed by atoms with Gasteiger partial charge in [-0.2, -0.15) is 0 Å². The highest BCUT2D eigenvalue weighted by atomic mass is 79.9. The summed E-state index contributed by atoms with van der Waals surface area (Å²) in [5.41, 5.74) is 0.763. The molecule has 2 aromatic rings. The van der Waals surface area contributed by atoms with Crippen LogP contribution >= 0.6 is 27.3 Å². The SMILES string of the molecule is CC(C)n1c(O)c(C=Nc2ccc(Br)cc2)sc1=O. The Morgan fingerprint density at radius 3 is 2.53 bits per heavy atom. The molecule has 0 aliphatic rings. The van der Waals surface area contributed by atoms with Gasteiger partial charge in [-0.05, 0) is 38.1 Å². The van der Waals surface area contributed by atoms with Crippen LogP contribution in [0.25, 0.3) is 0 Å². The molecule has 100 valence electrons. The fourth-order valence-electron chi connectivity index (χ4n) is 1.59. The summed E-state index contributed by atoms with van der Waals surface area (Å²) in [5.74, 6) is -0.0224. The second-order valence-electron chi connectivity index (χ2n) is 4.25. The van der Waals surface area contributed by atoms with E-state index in [0.717, 1.165) is 21.5 Å². The van der Waals surface area contributed by atoms with Crippen LogP contribution < -0.4 is 4.87 Å². The predicted molar refractivity (Wildman–Crippen MR) is 82.0 cm³/mol. The van der Waals surface area contributed by atoms with Gasteiger partial charge in [-0.1, -0.05) is 27.3 Å². The zero-order valence-corrected chi connectivity index (χ0v) is 12.9. The zero-order valence-electron chi connectivity index (χ0n) is 10.5. The molecule has 1 aromatic heterocycles.